The number of hydrogen-bond acceptors (Lipinski definition) is 7. The number of hydrogen-bond donors (Lipinski definition) is 2. The second-order valence-electron chi connectivity index (χ2n) is 8.70. The van der Waals surface area contributed by atoms with Gasteiger partial charge in [-0.25, -0.2) is 4.79 Å². The topological polar surface area (TPSA) is 110 Å². The molecule has 2 N–H and O–H groups in total. The molecule has 0 aromatic rings. The van der Waals surface area contributed by atoms with Crippen LogP contribution < -0.4 is 0 Å². The fourth-order valence-corrected chi connectivity index (χ4v) is 6.41. The molecule has 4 aliphatic rings. The van der Waals surface area contributed by atoms with E-state index in [1.54, 1.807) is 27.7 Å². The molecule has 8 atom stereocenters. The summed E-state index contributed by atoms with van der Waals surface area (Å²) in [5.41, 5.74) is -3.64. The van der Waals surface area contributed by atoms with Crippen LogP contribution >= 0.6 is 0 Å². The van der Waals surface area contributed by atoms with Crippen molar-refractivity contribution in [2.45, 2.75) is 45.5 Å². The third-order valence-corrected chi connectivity index (χ3v) is 7.65. The first-order valence-corrected chi connectivity index (χ1v) is 9.12. The van der Waals surface area contributed by atoms with Crippen molar-refractivity contribution < 1.29 is 34.1 Å². The molecule has 2 fully saturated rings. The molecule has 2 bridgehead atoms. The lowest BCUT2D eigenvalue weighted by atomic mass is 9.43. The molecule has 1 saturated heterocycles. The Bertz CT molecular complexity index is 841. The summed E-state index contributed by atoms with van der Waals surface area (Å²) in [6.45, 7) is 6.78. The van der Waals surface area contributed by atoms with Crippen LogP contribution in [0.15, 0.2) is 23.3 Å². The van der Waals surface area contributed by atoms with E-state index >= 15 is 0 Å². The average molecular weight is 376 g/mol. The second kappa shape index (κ2) is 5.08. The Labute approximate surface area is 157 Å². The SMILES string of the molecule is COC(=O)C1(O)C=C(C)C2=CC(=O)C3(C)C4C(=O)OC(C4C)C(O)C3C21C. The normalized spacial score (nSPS) is 50.4. The summed E-state index contributed by atoms with van der Waals surface area (Å²) in [4.78, 5) is 38.4. The monoisotopic (exact) mass is 376 g/mol. The fraction of sp³-hybridized carbons (Fsp3) is 0.650. The van der Waals surface area contributed by atoms with Gasteiger partial charge in [0.1, 0.15) is 6.10 Å². The van der Waals surface area contributed by atoms with Crippen LogP contribution in [-0.4, -0.2) is 52.9 Å². The van der Waals surface area contributed by atoms with E-state index in [-0.39, 0.29) is 11.7 Å². The van der Waals surface area contributed by atoms with Crippen molar-refractivity contribution in [1.29, 1.82) is 0 Å². The van der Waals surface area contributed by atoms with Crippen molar-refractivity contribution in [1.82, 2.24) is 0 Å². The van der Waals surface area contributed by atoms with Crippen molar-refractivity contribution >= 4 is 17.7 Å². The number of allylic oxidation sites excluding steroid dienone is 2. The molecule has 1 aliphatic heterocycles. The average Bonchev–Trinajstić information content (AvgIpc) is 2.96. The number of aliphatic hydroxyl groups is 2. The molecular weight excluding hydrogens is 352 g/mol. The van der Waals surface area contributed by atoms with E-state index in [0.29, 0.717) is 11.1 Å². The Morgan fingerprint density at radius 2 is 1.93 bits per heavy atom. The molecule has 0 radical (unpaired) electrons. The molecule has 0 aromatic heterocycles. The molecule has 146 valence electrons. The number of aliphatic hydroxyl groups excluding tert-OH is 1. The smallest absolute Gasteiger partial charge is 0.342 e. The second-order valence-corrected chi connectivity index (χ2v) is 8.70. The number of esters is 2. The molecule has 8 unspecified atom stereocenters. The molecule has 3 aliphatic carbocycles. The van der Waals surface area contributed by atoms with Crippen molar-refractivity contribution in [2.24, 2.45) is 28.6 Å². The fourth-order valence-electron chi connectivity index (χ4n) is 6.41. The van der Waals surface area contributed by atoms with E-state index < -0.39 is 52.4 Å². The van der Waals surface area contributed by atoms with Gasteiger partial charge in [0.2, 0.25) is 0 Å². The number of fused-ring (bicyclic) bond motifs is 6. The molecule has 7 nitrogen and oxygen atoms in total. The number of ether oxygens (including phenoxy) is 2. The molecule has 1 heterocycles. The van der Waals surface area contributed by atoms with E-state index in [0.717, 1.165) is 0 Å². The summed E-state index contributed by atoms with van der Waals surface area (Å²) < 4.78 is 10.3. The molecule has 0 amide bonds. The standard InChI is InChI=1S/C20H24O7/c1-8-7-20(25,17(24)26-5)19(4)10(8)6-11(21)18(3)12-9(2)14(27-16(12)23)13(22)15(18)19/h6-7,9,12-15,22,25H,1-5H3. The van der Waals surface area contributed by atoms with Crippen LogP contribution in [0.2, 0.25) is 0 Å². The number of methoxy groups -OCH3 is 1. The predicted octanol–water partition coefficient (Wildman–Crippen LogP) is 0.540. The number of ketones is 1. The summed E-state index contributed by atoms with van der Waals surface area (Å²) in [5.74, 6) is -3.67. The van der Waals surface area contributed by atoms with Crippen molar-refractivity contribution in [3.8, 4) is 0 Å². The van der Waals surface area contributed by atoms with Crippen molar-refractivity contribution in [2.75, 3.05) is 7.11 Å². The summed E-state index contributed by atoms with van der Waals surface area (Å²) in [5, 5.41) is 22.6. The first-order valence-electron chi connectivity index (χ1n) is 9.12. The minimum absolute atomic E-state index is 0.296. The van der Waals surface area contributed by atoms with E-state index in [1.165, 1.54) is 19.3 Å². The van der Waals surface area contributed by atoms with E-state index in [9.17, 15) is 24.6 Å². The largest absolute Gasteiger partial charge is 0.467 e. The van der Waals surface area contributed by atoms with Gasteiger partial charge in [0.25, 0.3) is 0 Å². The van der Waals surface area contributed by atoms with Crippen LogP contribution in [0.4, 0.5) is 0 Å². The maximum absolute atomic E-state index is 13.2. The molecule has 1 saturated carbocycles. The third-order valence-electron chi connectivity index (χ3n) is 7.65. The molecular formula is C20H24O7. The van der Waals surface area contributed by atoms with Crippen LogP contribution in [0.3, 0.4) is 0 Å². The van der Waals surface area contributed by atoms with Gasteiger partial charge in [-0.1, -0.05) is 20.8 Å². The zero-order valence-corrected chi connectivity index (χ0v) is 16.0. The first-order chi connectivity index (χ1) is 12.5. The highest BCUT2D eigenvalue weighted by atomic mass is 16.6. The summed E-state index contributed by atoms with van der Waals surface area (Å²) in [7, 11) is 1.18. The van der Waals surface area contributed by atoms with Gasteiger partial charge in [0, 0.05) is 17.3 Å². The minimum Gasteiger partial charge on any atom is -0.467 e. The lowest BCUT2D eigenvalue weighted by molar-refractivity contribution is -0.198. The molecule has 7 heteroatoms. The maximum Gasteiger partial charge on any atom is 0.342 e. The van der Waals surface area contributed by atoms with Gasteiger partial charge in [-0.3, -0.25) is 9.59 Å². The highest BCUT2D eigenvalue weighted by Gasteiger charge is 2.76. The summed E-state index contributed by atoms with van der Waals surface area (Å²) >= 11 is 0. The Balaban J connectivity index is 2.02. The lowest BCUT2D eigenvalue weighted by Gasteiger charge is -2.58. The van der Waals surface area contributed by atoms with Gasteiger partial charge in [-0.15, -0.1) is 0 Å². The van der Waals surface area contributed by atoms with Crippen molar-refractivity contribution in [3.63, 3.8) is 0 Å². The van der Waals surface area contributed by atoms with Crippen LogP contribution in [0, 0.1) is 28.6 Å². The van der Waals surface area contributed by atoms with Gasteiger partial charge in [0.05, 0.1) is 24.5 Å². The summed E-state index contributed by atoms with van der Waals surface area (Å²) in [6.07, 6.45) is 0.807. The number of carbonyl (C=O) groups excluding carboxylic acids is 3. The summed E-state index contributed by atoms with van der Waals surface area (Å²) in [6, 6.07) is 0. The molecule has 27 heavy (non-hydrogen) atoms. The third kappa shape index (κ3) is 1.73. The first kappa shape index (κ1) is 18.4. The Hall–Kier alpha value is -1.99. The Kier molecular flexibility index (Phi) is 3.46. The van der Waals surface area contributed by atoms with Crippen LogP contribution in [0.5, 0.6) is 0 Å². The Morgan fingerprint density at radius 3 is 2.52 bits per heavy atom. The molecule has 0 spiro atoms. The van der Waals surface area contributed by atoms with E-state index in [1.807, 2.05) is 0 Å². The number of rotatable bonds is 1. The van der Waals surface area contributed by atoms with Gasteiger partial charge in [-0.2, -0.15) is 0 Å². The lowest BCUT2D eigenvalue weighted by Crippen LogP contribution is -2.68. The molecule has 4 rings (SSSR count). The highest BCUT2D eigenvalue weighted by Crippen LogP contribution is 2.68. The minimum atomic E-state index is -2.06. The van der Waals surface area contributed by atoms with Gasteiger partial charge >= 0.3 is 11.9 Å². The molecule has 0 aromatic carbocycles. The van der Waals surface area contributed by atoms with Gasteiger partial charge in [-0.05, 0) is 30.2 Å². The van der Waals surface area contributed by atoms with Crippen molar-refractivity contribution in [3.05, 3.63) is 23.3 Å². The zero-order chi connectivity index (χ0) is 20.1. The van der Waals surface area contributed by atoms with Gasteiger partial charge in [0.15, 0.2) is 11.4 Å². The Morgan fingerprint density at radius 1 is 1.30 bits per heavy atom. The maximum atomic E-state index is 13.2. The van der Waals surface area contributed by atoms with E-state index in [4.69, 9.17) is 9.47 Å². The van der Waals surface area contributed by atoms with Crippen LogP contribution in [0.1, 0.15) is 27.7 Å². The van der Waals surface area contributed by atoms with Gasteiger partial charge < -0.3 is 19.7 Å². The van der Waals surface area contributed by atoms with Crippen LogP contribution in [0.25, 0.3) is 0 Å². The number of carbonyl (C=O) groups is 3. The zero-order valence-electron chi connectivity index (χ0n) is 16.0. The predicted molar refractivity (Wildman–Crippen MR) is 92.1 cm³/mol. The highest BCUT2D eigenvalue weighted by molar-refractivity contribution is 6.03. The van der Waals surface area contributed by atoms with Crippen LogP contribution in [-0.2, 0) is 23.9 Å². The quantitative estimate of drug-likeness (QED) is 0.643. The van der Waals surface area contributed by atoms with E-state index in [2.05, 4.69) is 0 Å².